The second-order valence-electron chi connectivity index (χ2n) is 6.99. The zero-order valence-electron chi connectivity index (χ0n) is 15.0. The van der Waals surface area contributed by atoms with Gasteiger partial charge in [-0.15, -0.1) is 0 Å². The number of amides is 2. The van der Waals surface area contributed by atoms with Gasteiger partial charge in [0.25, 0.3) is 0 Å². The normalized spacial score (nSPS) is 16.7. The van der Waals surface area contributed by atoms with E-state index in [9.17, 15) is 14.0 Å². The minimum Gasteiger partial charge on any atom is -0.361 e. The molecule has 144 valence electrons. The number of aromatic amines is 1. The van der Waals surface area contributed by atoms with Crippen molar-refractivity contribution in [1.29, 1.82) is 0 Å². The third-order valence-electron chi connectivity index (χ3n) is 5.06. The van der Waals surface area contributed by atoms with Gasteiger partial charge in [0.2, 0.25) is 11.8 Å². The molecule has 0 spiro atoms. The molecule has 1 saturated heterocycles. The van der Waals surface area contributed by atoms with Crippen LogP contribution in [-0.4, -0.2) is 34.8 Å². The highest BCUT2D eigenvalue weighted by Crippen LogP contribution is 2.25. The van der Waals surface area contributed by atoms with E-state index in [0.29, 0.717) is 30.2 Å². The monoisotopic (exact) mass is 399 g/mol. The van der Waals surface area contributed by atoms with Crippen molar-refractivity contribution in [3.8, 4) is 0 Å². The number of rotatable bonds is 5. The van der Waals surface area contributed by atoms with Crippen LogP contribution in [0.1, 0.15) is 12.0 Å². The Morgan fingerprint density at radius 2 is 2.14 bits per heavy atom. The Balaban J connectivity index is 1.38. The SMILES string of the molecule is O=C(Nc1cccc(F)c1)C1CC(=O)N(CCc2c[nH]c3ccc(Cl)cc23)C1. The van der Waals surface area contributed by atoms with Gasteiger partial charge in [-0.2, -0.15) is 0 Å². The molecule has 28 heavy (non-hydrogen) atoms. The van der Waals surface area contributed by atoms with Gasteiger partial charge in [0.1, 0.15) is 5.82 Å². The van der Waals surface area contributed by atoms with Crippen molar-refractivity contribution < 1.29 is 14.0 Å². The number of carbonyl (C=O) groups is 2. The fourth-order valence-corrected chi connectivity index (χ4v) is 3.76. The molecule has 0 radical (unpaired) electrons. The first kappa shape index (κ1) is 18.5. The molecule has 5 nitrogen and oxygen atoms in total. The van der Waals surface area contributed by atoms with Crippen LogP contribution in [0.3, 0.4) is 0 Å². The van der Waals surface area contributed by atoms with Crippen LogP contribution in [0.5, 0.6) is 0 Å². The molecule has 7 heteroatoms. The Hall–Kier alpha value is -2.86. The summed E-state index contributed by atoms with van der Waals surface area (Å²) in [6.45, 7) is 0.894. The lowest BCUT2D eigenvalue weighted by Gasteiger charge is -2.16. The summed E-state index contributed by atoms with van der Waals surface area (Å²) in [7, 11) is 0. The van der Waals surface area contributed by atoms with Gasteiger partial charge in [0.15, 0.2) is 0 Å². The summed E-state index contributed by atoms with van der Waals surface area (Å²) in [5.41, 5.74) is 2.48. The Bertz CT molecular complexity index is 1050. The Morgan fingerprint density at radius 1 is 1.29 bits per heavy atom. The predicted molar refractivity (Wildman–Crippen MR) is 107 cm³/mol. The molecule has 1 fully saturated rings. The van der Waals surface area contributed by atoms with Gasteiger partial charge in [-0.05, 0) is 48.4 Å². The summed E-state index contributed by atoms with van der Waals surface area (Å²) in [4.78, 5) is 29.7. The third-order valence-corrected chi connectivity index (χ3v) is 5.29. The maximum Gasteiger partial charge on any atom is 0.229 e. The standard InChI is InChI=1S/C21H19ClFN3O2/c22-15-4-5-19-18(9-15)13(11-24-19)6-7-26-12-14(8-20(26)27)21(28)25-17-3-1-2-16(23)10-17/h1-5,9-11,14,24H,6-8,12H2,(H,25,28). The fraction of sp³-hybridized carbons (Fsp3) is 0.238. The number of anilines is 1. The molecular formula is C21H19ClFN3O2. The number of aromatic nitrogens is 1. The van der Waals surface area contributed by atoms with Crippen LogP contribution in [0.15, 0.2) is 48.7 Å². The lowest BCUT2D eigenvalue weighted by atomic mass is 10.1. The highest BCUT2D eigenvalue weighted by atomic mass is 35.5. The van der Waals surface area contributed by atoms with Crippen molar-refractivity contribution in [2.75, 3.05) is 18.4 Å². The van der Waals surface area contributed by atoms with E-state index in [1.54, 1.807) is 11.0 Å². The van der Waals surface area contributed by atoms with Crippen LogP contribution in [-0.2, 0) is 16.0 Å². The number of carbonyl (C=O) groups excluding carboxylic acids is 2. The number of H-pyrrole nitrogens is 1. The lowest BCUT2D eigenvalue weighted by molar-refractivity contribution is -0.128. The highest BCUT2D eigenvalue weighted by Gasteiger charge is 2.34. The maximum atomic E-state index is 13.3. The largest absolute Gasteiger partial charge is 0.361 e. The minimum atomic E-state index is -0.437. The quantitative estimate of drug-likeness (QED) is 0.681. The van der Waals surface area contributed by atoms with Gasteiger partial charge in [0, 0.05) is 47.3 Å². The molecule has 2 N–H and O–H groups in total. The second-order valence-corrected chi connectivity index (χ2v) is 7.43. The number of hydrogen-bond acceptors (Lipinski definition) is 2. The van der Waals surface area contributed by atoms with E-state index in [2.05, 4.69) is 10.3 Å². The molecule has 1 aliphatic heterocycles. The second kappa shape index (κ2) is 7.64. The molecule has 0 aliphatic carbocycles. The van der Waals surface area contributed by atoms with E-state index in [1.165, 1.54) is 18.2 Å². The van der Waals surface area contributed by atoms with E-state index in [1.807, 2.05) is 24.4 Å². The van der Waals surface area contributed by atoms with E-state index in [4.69, 9.17) is 11.6 Å². The highest BCUT2D eigenvalue weighted by molar-refractivity contribution is 6.31. The molecule has 1 unspecified atom stereocenters. The molecule has 2 aromatic carbocycles. The van der Waals surface area contributed by atoms with Crippen LogP contribution >= 0.6 is 11.6 Å². The number of fused-ring (bicyclic) bond motifs is 1. The predicted octanol–water partition coefficient (Wildman–Crippen LogP) is 3.99. The summed E-state index contributed by atoms with van der Waals surface area (Å²) in [6.07, 6.45) is 2.76. The van der Waals surface area contributed by atoms with Crippen molar-refractivity contribution in [3.63, 3.8) is 0 Å². The van der Waals surface area contributed by atoms with Crippen LogP contribution < -0.4 is 5.32 Å². The fourth-order valence-electron chi connectivity index (χ4n) is 3.59. The number of nitrogens with one attached hydrogen (secondary N) is 2. The Labute approximate surface area is 166 Å². The van der Waals surface area contributed by atoms with E-state index in [0.717, 1.165) is 16.5 Å². The molecule has 2 heterocycles. The summed E-state index contributed by atoms with van der Waals surface area (Å²) in [5.74, 6) is -1.16. The van der Waals surface area contributed by atoms with Crippen LogP contribution in [0.2, 0.25) is 5.02 Å². The van der Waals surface area contributed by atoms with Gasteiger partial charge in [-0.1, -0.05) is 17.7 Å². The molecular weight excluding hydrogens is 381 g/mol. The molecule has 3 aromatic rings. The zero-order valence-corrected chi connectivity index (χ0v) is 15.8. The van der Waals surface area contributed by atoms with E-state index < -0.39 is 11.7 Å². The number of hydrogen-bond donors (Lipinski definition) is 2. The molecule has 4 rings (SSSR count). The van der Waals surface area contributed by atoms with Crippen LogP contribution in [0.4, 0.5) is 10.1 Å². The van der Waals surface area contributed by atoms with E-state index >= 15 is 0 Å². The zero-order chi connectivity index (χ0) is 19.7. The molecule has 2 amide bonds. The summed E-state index contributed by atoms with van der Waals surface area (Å²) >= 11 is 6.08. The van der Waals surface area contributed by atoms with Gasteiger partial charge < -0.3 is 15.2 Å². The van der Waals surface area contributed by atoms with E-state index in [-0.39, 0.29) is 18.2 Å². The number of nitrogens with zero attached hydrogens (tertiary/aromatic N) is 1. The molecule has 0 bridgehead atoms. The van der Waals surface area contributed by atoms with Gasteiger partial charge in [0.05, 0.1) is 5.92 Å². The topological polar surface area (TPSA) is 65.2 Å². The summed E-state index contributed by atoms with van der Waals surface area (Å²) < 4.78 is 13.3. The molecule has 1 aliphatic rings. The van der Waals surface area contributed by atoms with Gasteiger partial charge >= 0.3 is 0 Å². The van der Waals surface area contributed by atoms with Gasteiger partial charge in [-0.3, -0.25) is 9.59 Å². The summed E-state index contributed by atoms with van der Waals surface area (Å²) in [5, 5.41) is 4.40. The lowest BCUT2D eigenvalue weighted by Crippen LogP contribution is -2.30. The number of benzene rings is 2. The van der Waals surface area contributed by atoms with Gasteiger partial charge in [-0.25, -0.2) is 4.39 Å². The van der Waals surface area contributed by atoms with Crippen LogP contribution in [0.25, 0.3) is 10.9 Å². The Morgan fingerprint density at radius 3 is 2.96 bits per heavy atom. The minimum absolute atomic E-state index is 0.0442. The van der Waals surface area contributed by atoms with Crippen molar-refractivity contribution in [2.24, 2.45) is 5.92 Å². The van der Waals surface area contributed by atoms with Crippen molar-refractivity contribution in [2.45, 2.75) is 12.8 Å². The first-order valence-corrected chi connectivity index (χ1v) is 9.47. The average Bonchev–Trinajstić information content (AvgIpc) is 3.23. The molecule has 1 atom stereocenters. The molecule has 0 saturated carbocycles. The van der Waals surface area contributed by atoms with Crippen molar-refractivity contribution >= 4 is 40.0 Å². The van der Waals surface area contributed by atoms with Crippen molar-refractivity contribution in [1.82, 2.24) is 9.88 Å². The molecule has 1 aromatic heterocycles. The van der Waals surface area contributed by atoms with Crippen LogP contribution in [0, 0.1) is 11.7 Å². The smallest absolute Gasteiger partial charge is 0.229 e. The Kier molecular flexibility index (Phi) is 5.05. The van der Waals surface area contributed by atoms with Crippen molar-refractivity contribution in [3.05, 3.63) is 65.1 Å². The first-order chi connectivity index (χ1) is 13.5. The number of halogens is 2. The first-order valence-electron chi connectivity index (χ1n) is 9.09. The summed E-state index contributed by atoms with van der Waals surface area (Å²) in [6, 6.07) is 11.4. The third kappa shape index (κ3) is 3.87. The number of likely N-dealkylation sites (tertiary alicyclic amines) is 1. The maximum absolute atomic E-state index is 13.3. The average molecular weight is 400 g/mol.